The molecule has 2 rings (SSSR count). The molecule has 1 N–H and O–H groups in total. The second-order valence-corrected chi connectivity index (χ2v) is 4.31. The maximum Gasteiger partial charge on any atom is 0.0638 e. The first-order valence-electron chi connectivity index (χ1n) is 6.04. The fraction of sp³-hybridized carbons (Fsp3) is 0.462. The molecular formula is C13H20N4. The summed E-state index contributed by atoms with van der Waals surface area (Å²) in [4.78, 5) is 0. The first kappa shape index (κ1) is 11.9. The van der Waals surface area contributed by atoms with Crippen LogP contribution in [0.25, 0.3) is 0 Å². The Kier molecular flexibility index (Phi) is 3.64. The number of hydrogen-bond acceptors (Lipinski definition) is 2. The number of aromatic nitrogens is 3. The summed E-state index contributed by atoms with van der Waals surface area (Å²) in [5.74, 6) is 0. The molecule has 2 aromatic heterocycles. The van der Waals surface area contributed by atoms with E-state index in [1.807, 2.05) is 4.68 Å². The number of hydrogen-bond donors (Lipinski definition) is 1. The monoisotopic (exact) mass is 232 g/mol. The standard InChI is InChI=1S/C13H20N4/c1-4-17-10-12(11(2)15-17)8-14-9-13-6-5-7-16(13)3/h5-7,10,14H,4,8-9H2,1-3H3. The van der Waals surface area contributed by atoms with Crippen molar-refractivity contribution in [2.75, 3.05) is 0 Å². The number of aryl methyl sites for hydroxylation is 3. The van der Waals surface area contributed by atoms with Crippen molar-refractivity contribution in [1.29, 1.82) is 0 Å². The third-order valence-electron chi connectivity index (χ3n) is 3.04. The summed E-state index contributed by atoms with van der Waals surface area (Å²) < 4.78 is 4.12. The lowest BCUT2D eigenvalue weighted by atomic mass is 10.2. The number of rotatable bonds is 5. The molecule has 0 aliphatic rings. The Morgan fingerprint density at radius 1 is 1.35 bits per heavy atom. The number of nitrogens with zero attached hydrogens (tertiary/aromatic N) is 3. The van der Waals surface area contributed by atoms with Gasteiger partial charge in [-0.3, -0.25) is 4.68 Å². The van der Waals surface area contributed by atoms with E-state index in [2.05, 4.69) is 60.4 Å². The Balaban J connectivity index is 1.90. The highest BCUT2D eigenvalue weighted by Gasteiger charge is 2.03. The van der Waals surface area contributed by atoms with Crippen LogP contribution in [0, 0.1) is 6.92 Å². The first-order chi connectivity index (χ1) is 8.20. The van der Waals surface area contributed by atoms with E-state index in [4.69, 9.17) is 0 Å². The lowest BCUT2D eigenvalue weighted by Crippen LogP contribution is -2.14. The summed E-state index contributed by atoms with van der Waals surface area (Å²) in [6, 6.07) is 4.20. The minimum Gasteiger partial charge on any atom is -0.353 e. The van der Waals surface area contributed by atoms with E-state index < -0.39 is 0 Å². The van der Waals surface area contributed by atoms with Crippen LogP contribution in [0.4, 0.5) is 0 Å². The largest absolute Gasteiger partial charge is 0.353 e. The average molecular weight is 232 g/mol. The van der Waals surface area contributed by atoms with Crippen LogP contribution in [0.5, 0.6) is 0 Å². The Morgan fingerprint density at radius 3 is 2.76 bits per heavy atom. The maximum atomic E-state index is 4.43. The van der Waals surface area contributed by atoms with Gasteiger partial charge in [0.2, 0.25) is 0 Å². The van der Waals surface area contributed by atoms with Crippen LogP contribution >= 0.6 is 0 Å². The lowest BCUT2D eigenvalue weighted by Gasteiger charge is -2.05. The Hall–Kier alpha value is -1.55. The molecule has 0 amide bonds. The van der Waals surface area contributed by atoms with Crippen LogP contribution in [0.15, 0.2) is 24.5 Å². The van der Waals surface area contributed by atoms with Gasteiger partial charge in [-0.05, 0) is 26.0 Å². The van der Waals surface area contributed by atoms with Crippen LogP contribution in [0.1, 0.15) is 23.9 Å². The van der Waals surface area contributed by atoms with Crippen LogP contribution in [-0.4, -0.2) is 14.3 Å². The first-order valence-corrected chi connectivity index (χ1v) is 6.04. The van der Waals surface area contributed by atoms with E-state index in [9.17, 15) is 0 Å². The predicted molar refractivity (Wildman–Crippen MR) is 68.6 cm³/mol. The molecule has 0 saturated carbocycles. The summed E-state index contributed by atoms with van der Waals surface area (Å²) in [6.07, 6.45) is 4.19. The Labute approximate surface area is 102 Å². The molecule has 0 fully saturated rings. The molecule has 0 spiro atoms. The normalized spacial score (nSPS) is 11.0. The van der Waals surface area contributed by atoms with Crippen molar-refractivity contribution in [1.82, 2.24) is 19.7 Å². The summed E-state index contributed by atoms with van der Waals surface area (Å²) >= 11 is 0. The van der Waals surface area contributed by atoms with Crippen molar-refractivity contribution in [2.45, 2.75) is 33.5 Å². The van der Waals surface area contributed by atoms with Gasteiger partial charge in [-0.15, -0.1) is 0 Å². The molecule has 4 nitrogen and oxygen atoms in total. The highest BCUT2D eigenvalue weighted by molar-refractivity contribution is 5.15. The topological polar surface area (TPSA) is 34.8 Å². The molecule has 17 heavy (non-hydrogen) atoms. The van der Waals surface area contributed by atoms with Gasteiger partial charge in [-0.1, -0.05) is 0 Å². The molecule has 0 aliphatic heterocycles. The van der Waals surface area contributed by atoms with E-state index in [1.54, 1.807) is 0 Å². The fourth-order valence-electron chi connectivity index (χ4n) is 1.90. The molecule has 0 bridgehead atoms. The molecule has 0 atom stereocenters. The Morgan fingerprint density at radius 2 is 2.18 bits per heavy atom. The summed E-state index contributed by atoms with van der Waals surface area (Å²) in [6.45, 7) is 6.86. The van der Waals surface area contributed by atoms with Gasteiger partial charge in [0.05, 0.1) is 5.69 Å². The van der Waals surface area contributed by atoms with Gasteiger partial charge in [0.25, 0.3) is 0 Å². The van der Waals surface area contributed by atoms with E-state index in [0.29, 0.717) is 0 Å². The zero-order chi connectivity index (χ0) is 12.3. The molecule has 2 heterocycles. The smallest absolute Gasteiger partial charge is 0.0638 e. The van der Waals surface area contributed by atoms with Crippen molar-refractivity contribution in [2.24, 2.45) is 7.05 Å². The van der Waals surface area contributed by atoms with Crippen LogP contribution in [0.2, 0.25) is 0 Å². The lowest BCUT2D eigenvalue weighted by molar-refractivity contribution is 0.646. The minimum atomic E-state index is 0.872. The summed E-state index contributed by atoms with van der Waals surface area (Å²) in [5, 5.41) is 7.88. The van der Waals surface area contributed by atoms with Crippen molar-refractivity contribution < 1.29 is 0 Å². The number of nitrogens with one attached hydrogen (secondary N) is 1. The maximum absolute atomic E-state index is 4.43. The van der Waals surface area contributed by atoms with Crippen molar-refractivity contribution in [3.63, 3.8) is 0 Å². The second-order valence-electron chi connectivity index (χ2n) is 4.31. The van der Waals surface area contributed by atoms with Crippen molar-refractivity contribution in [3.05, 3.63) is 41.5 Å². The van der Waals surface area contributed by atoms with Gasteiger partial charge in [-0.2, -0.15) is 5.10 Å². The van der Waals surface area contributed by atoms with E-state index in [0.717, 1.165) is 25.3 Å². The van der Waals surface area contributed by atoms with E-state index >= 15 is 0 Å². The van der Waals surface area contributed by atoms with Crippen LogP contribution in [-0.2, 0) is 26.7 Å². The highest BCUT2D eigenvalue weighted by Crippen LogP contribution is 2.06. The SMILES string of the molecule is CCn1cc(CNCc2cccn2C)c(C)n1. The average Bonchev–Trinajstić information content (AvgIpc) is 2.87. The quantitative estimate of drug-likeness (QED) is 0.853. The second kappa shape index (κ2) is 5.19. The van der Waals surface area contributed by atoms with Gasteiger partial charge in [0, 0.05) is 50.3 Å². The van der Waals surface area contributed by atoms with Gasteiger partial charge >= 0.3 is 0 Å². The zero-order valence-corrected chi connectivity index (χ0v) is 10.8. The molecule has 0 saturated heterocycles. The van der Waals surface area contributed by atoms with Gasteiger partial charge in [0.1, 0.15) is 0 Å². The third kappa shape index (κ3) is 2.77. The summed E-state index contributed by atoms with van der Waals surface area (Å²) in [5.41, 5.74) is 3.69. The molecular weight excluding hydrogens is 212 g/mol. The summed E-state index contributed by atoms with van der Waals surface area (Å²) in [7, 11) is 2.07. The van der Waals surface area contributed by atoms with Crippen LogP contribution in [0.3, 0.4) is 0 Å². The zero-order valence-electron chi connectivity index (χ0n) is 10.8. The van der Waals surface area contributed by atoms with Gasteiger partial charge in [0.15, 0.2) is 0 Å². The third-order valence-corrected chi connectivity index (χ3v) is 3.04. The molecule has 92 valence electrons. The molecule has 0 aliphatic carbocycles. The van der Waals surface area contributed by atoms with Crippen LogP contribution < -0.4 is 5.32 Å². The van der Waals surface area contributed by atoms with Crippen molar-refractivity contribution in [3.8, 4) is 0 Å². The molecule has 2 aromatic rings. The fourth-order valence-corrected chi connectivity index (χ4v) is 1.90. The molecule has 0 unspecified atom stereocenters. The highest BCUT2D eigenvalue weighted by atomic mass is 15.3. The predicted octanol–water partition coefficient (Wildman–Crippen LogP) is 1.84. The molecule has 0 radical (unpaired) electrons. The molecule has 4 heteroatoms. The minimum absolute atomic E-state index is 0.872. The van der Waals surface area contributed by atoms with Gasteiger partial charge in [-0.25, -0.2) is 0 Å². The van der Waals surface area contributed by atoms with Crippen molar-refractivity contribution >= 4 is 0 Å². The van der Waals surface area contributed by atoms with E-state index in [-0.39, 0.29) is 0 Å². The van der Waals surface area contributed by atoms with E-state index in [1.165, 1.54) is 11.3 Å². The molecule has 0 aromatic carbocycles. The van der Waals surface area contributed by atoms with Gasteiger partial charge < -0.3 is 9.88 Å². The Bertz CT molecular complexity index is 481.